The Balaban J connectivity index is 1.57. The number of hydrogen-bond acceptors (Lipinski definition) is 5. The summed E-state index contributed by atoms with van der Waals surface area (Å²) in [6, 6.07) is 20.6. The molecule has 30 heavy (non-hydrogen) atoms. The molecule has 0 spiro atoms. The molecule has 2 N–H and O–H groups in total. The van der Waals surface area contributed by atoms with E-state index in [9.17, 15) is 4.79 Å². The van der Waals surface area contributed by atoms with Crippen LogP contribution in [0, 0.1) is 0 Å². The average Bonchev–Trinajstić information content (AvgIpc) is 3.16. The van der Waals surface area contributed by atoms with Crippen LogP contribution in [0.2, 0.25) is 0 Å². The molecule has 4 rings (SSSR count). The van der Waals surface area contributed by atoms with Gasteiger partial charge in [-0.15, -0.1) is 0 Å². The van der Waals surface area contributed by atoms with Gasteiger partial charge in [0.05, 0.1) is 14.2 Å². The lowest BCUT2D eigenvalue weighted by Crippen LogP contribution is -2.24. The standard InChI is InChI=1S/C24H24N2O4/c1-28-20-7-9-21(10-8-20)30-23-12-16(6-11-22(23)29-2)17-13-24(27)26(15-17)19-5-3-4-18(25)14-19/h3-12,14,17H,13,15,25H2,1-2H3/t17-/m0/s1. The van der Waals surface area contributed by atoms with E-state index in [1.807, 2.05) is 66.7 Å². The van der Waals surface area contributed by atoms with Crippen molar-refractivity contribution in [2.75, 3.05) is 31.4 Å². The first kappa shape index (κ1) is 19.6. The fourth-order valence-electron chi connectivity index (χ4n) is 3.67. The van der Waals surface area contributed by atoms with Crippen LogP contribution in [0.5, 0.6) is 23.0 Å². The molecule has 1 aliphatic rings. The Morgan fingerprint density at radius 3 is 2.37 bits per heavy atom. The molecule has 0 aromatic heterocycles. The summed E-state index contributed by atoms with van der Waals surface area (Å²) in [5.41, 5.74) is 8.38. The van der Waals surface area contributed by atoms with Gasteiger partial charge in [0.25, 0.3) is 0 Å². The Morgan fingerprint density at radius 2 is 1.67 bits per heavy atom. The lowest BCUT2D eigenvalue weighted by atomic mass is 9.98. The minimum absolute atomic E-state index is 0.0584. The third-order valence-electron chi connectivity index (χ3n) is 5.25. The van der Waals surface area contributed by atoms with Crippen molar-refractivity contribution in [3.05, 3.63) is 72.3 Å². The number of nitrogen functional groups attached to an aromatic ring is 1. The summed E-state index contributed by atoms with van der Waals surface area (Å²) in [6.45, 7) is 0.594. The van der Waals surface area contributed by atoms with Crippen molar-refractivity contribution in [2.24, 2.45) is 0 Å². The number of benzene rings is 3. The quantitative estimate of drug-likeness (QED) is 0.608. The van der Waals surface area contributed by atoms with Crippen molar-refractivity contribution >= 4 is 17.3 Å². The first-order chi connectivity index (χ1) is 14.6. The normalized spacial score (nSPS) is 15.9. The first-order valence-electron chi connectivity index (χ1n) is 9.73. The van der Waals surface area contributed by atoms with Crippen LogP contribution in [-0.4, -0.2) is 26.7 Å². The number of ether oxygens (including phenoxy) is 3. The molecular weight excluding hydrogens is 380 g/mol. The number of anilines is 2. The van der Waals surface area contributed by atoms with Crippen molar-refractivity contribution in [1.29, 1.82) is 0 Å². The highest BCUT2D eigenvalue weighted by molar-refractivity contribution is 5.96. The minimum Gasteiger partial charge on any atom is -0.497 e. The number of nitrogens with two attached hydrogens (primary N) is 1. The molecule has 0 aliphatic carbocycles. The van der Waals surface area contributed by atoms with Crippen molar-refractivity contribution < 1.29 is 19.0 Å². The zero-order valence-electron chi connectivity index (χ0n) is 17.0. The fraction of sp³-hybridized carbons (Fsp3) is 0.208. The van der Waals surface area contributed by atoms with Crippen molar-refractivity contribution in [3.63, 3.8) is 0 Å². The van der Waals surface area contributed by atoms with Gasteiger partial charge in [0.1, 0.15) is 11.5 Å². The van der Waals surface area contributed by atoms with Crippen LogP contribution in [0.15, 0.2) is 66.7 Å². The summed E-state index contributed by atoms with van der Waals surface area (Å²) in [5, 5.41) is 0. The lowest BCUT2D eigenvalue weighted by molar-refractivity contribution is -0.117. The molecule has 0 unspecified atom stereocenters. The maximum absolute atomic E-state index is 12.6. The topological polar surface area (TPSA) is 74.0 Å². The monoisotopic (exact) mass is 404 g/mol. The van der Waals surface area contributed by atoms with E-state index < -0.39 is 0 Å². The van der Waals surface area contributed by atoms with Gasteiger partial charge in [0.2, 0.25) is 5.91 Å². The summed E-state index contributed by atoms with van der Waals surface area (Å²) in [4.78, 5) is 14.4. The average molecular weight is 404 g/mol. The van der Waals surface area contributed by atoms with Gasteiger partial charge < -0.3 is 24.8 Å². The van der Waals surface area contributed by atoms with E-state index in [4.69, 9.17) is 19.9 Å². The van der Waals surface area contributed by atoms with Crippen molar-refractivity contribution in [2.45, 2.75) is 12.3 Å². The zero-order valence-corrected chi connectivity index (χ0v) is 17.0. The Kier molecular flexibility index (Phi) is 5.48. The van der Waals surface area contributed by atoms with E-state index in [1.54, 1.807) is 19.1 Å². The highest BCUT2D eigenvalue weighted by Crippen LogP contribution is 2.38. The molecule has 6 heteroatoms. The van der Waals surface area contributed by atoms with Crippen LogP contribution >= 0.6 is 0 Å². The zero-order chi connectivity index (χ0) is 21.1. The Bertz CT molecular complexity index is 1050. The Hall–Kier alpha value is -3.67. The van der Waals surface area contributed by atoms with Crippen molar-refractivity contribution in [3.8, 4) is 23.0 Å². The maximum Gasteiger partial charge on any atom is 0.227 e. The molecule has 1 heterocycles. The molecule has 0 bridgehead atoms. The molecular formula is C24H24N2O4. The lowest BCUT2D eigenvalue weighted by Gasteiger charge is -2.18. The largest absolute Gasteiger partial charge is 0.497 e. The van der Waals surface area contributed by atoms with E-state index in [0.29, 0.717) is 35.9 Å². The second kappa shape index (κ2) is 8.37. The Labute approximate surface area is 175 Å². The molecule has 6 nitrogen and oxygen atoms in total. The number of methoxy groups -OCH3 is 2. The van der Waals surface area contributed by atoms with Gasteiger partial charge in [0, 0.05) is 30.3 Å². The van der Waals surface area contributed by atoms with Gasteiger partial charge in [0.15, 0.2) is 11.5 Å². The van der Waals surface area contributed by atoms with E-state index in [2.05, 4.69) is 0 Å². The number of rotatable bonds is 6. The third-order valence-corrected chi connectivity index (χ3v) is 5.25. The van der Waals surface area contributed by atoms with Crippen LogP contribution in [0.1, 0.15) is 17.9 Å². The van der Waals surface area contributed by atoms with Crippen LogP contribution in [-0.2, 0) is 4.79 Å². The summed E-state index contributed by atoms with van der Waals surface area (Å²) >= 11 is 0. The van der Waals surface area contributed by atoms with Gasteiger partial charge in [-0.1, -0.05) is 12.1 Å². The second-order valence-electron chi connectivity index (χ2n) is 7.19. The smallest absolute Gasteiger partial charge is 0.227 e. The number of carbonyl (C=O) groups is 1. The predicted molar refractivity (Wildman–Crippen MR) is 117 cm³/mol. The molecule has 1 fully saturated rings. The van der Waals surface area contributed by atoms with Gasteiger partial charge in [-0.25, -0.2) is 0 Å². The number of nitrogens with zero attached hydrogens (tertiary/aromatic N) is 1. The van der Waals surface area contributed by atoms with Crippen LogP contribution in [0.25, 0.3) is 0 Å². The third kappa shape index (κ3) is 4.03. The first-order valence-corrected chi connectivity index (χ1v) is 9.73. The number of hydrogen-bond donors (Lipinski definition) is 1. The summed E-state index contributed by atoms with van der Waals surface area (Å²) in [6.07, 6.45) is 0.434. The molecule has 3 aromatic carbocycles. The van der Waals surface area contributed by atoms with Gasteiger partial charge >= 0.3 is 0 Å². The SMILES string of the molecule is COc1ccc(Oc2cc([C@H]3CC(=O)N(c4cccc(N)c4)C3)ccc2OC)cc1. The van der Waals surface area contributed by atoms with Crippen LogP contribution in [0.4, 0.5) is 11.4 Å². The molecule has 1 saturated heterocycles. The molecule has 1 aliphatic heterocycles. The van der Waals surface area contributed by atoms with Crippen LogP contribution in [0.3, 0.4) is 0 Å². The summed E-state index contributed by atoms with van der Waals surface area (Å²) in [7, 11) is 3.23. The van der Waals surface area contributed by atoms with Crippen LogP contribution < -0.4 is 24.8 Å². The molecule has 0 radical (unpaired) electrons. The number of amides is 1. The second-order valence-corrected chi connectivity index (χ2v) is 7.19. The molecule has 3 aromatic rings. The summed E-state index contributed by atoms with van der Waals surface area (Å²) < 4.78 is 16.7. The molecule has 1 amide bonds. The maximum atomic E-state index is 12.6. The fourth-order valence-corrected chi connectivity index (χ4v) is 3.67. The number of carbonyl (C=O) groups excluding carboxylic acids is 1. The minimum atomic E-state index is 0.0584. The molecule has 1 atom stereocenters. The molecule has 154 valence electrons. The van der Waals surface area contributed by atoms with Gasteiger partial charge in [-0.2, -0.15) is 0 Å². The van der Waals surface area contributed by atoms with Gasteiger partial charge in [-0.05, 0) is 60.2 Å². The summed E-state index contributed by atoms with van der Waals surface area (Å²) in [5.74, 6) is 2.81. The predicted octanol–water partition coefficient (Wildman–Crippen LogP) is 4.60. The van der Waals surface area contributed by atoms with E-state index in [-0.39, 0.29) is 11.8 Å². The Morgan fingerprint density at radius 1 is 0.900 bits per heavy atom. The van der Waals surface area contributed by atoms with Crippen molar-refractivity contribution in [1.82, 2.24) is 0 Å². The van der Waals surface area contributed by atoms with E-state index in [0.717, 1.165) is 17.0 Å². The highest BCUT2D eigenvalue weighted by atomic mass is 16.5. The van der Waals surface area contributed by atoms with E-state index in [1.165, 1.54) is 0 Å². The van der Waals surface area contributed by atoms with E-state index >= 15 is 0 Å². The van der Waals surface area contributed by atoms with Gasteiger partial charge in [-0.3, -0.25) is 4.79 Å². The molecule has 0 saturated carbocycles. The highest BCUT2D eigenvalue weighted by Gasteiger charge is 2.32.